The first-order valence-electron chi connectivity index (χ1n) is 9.00. The van der Waals surface area contributed by atoms with Gasteiger partial charge < -0.3 is 9.90 Å². The Hall–Kier alpha value is -4.38. The van der Waals surface area contributed by atoms with E-state index in [2.05, 4.69) is 10.4 Å². The molecule has 0 spiro atoms. The molecule has 2 heterocycles. The minimum atomic E-state index is -4.12. The number of aromatic carboxylic acids is 1. The summed E-state index contributed by atoms with van der Waals surface area (Å²) in [5, 5.41) is 11.4. The molecule has 0 atom stereocenters. The Kier molecular flexibility index (Phi) is 5.03. The van der Waals surface area contributed by atoms with Crippen molar-refractivity contribution in [2.75, 3.05) is 0 Å². The number of hydrazine groups is 1. The molecule has 0 fully saturated rings. The highest BCUT2D eigenvalue weighted by Gasteiger charge is 2.38. The van der Waals surface area contributed by atoms with Crippen molar-refractivity contribution in [3.63, 3.8) is 0 Å². The molecule has 1 aliphatic heterocycles. The number of carbonyl (C=O) groups is 4. The minimum absolute atomic E-state index is 0.0729. The lowest BCUT2D eigenvalue weighted by Crippen LogP contribution is -2.45. The maximum absolute atomic E-state index is 12.9. The molecular formula is C21H12N3O7S-. The fourth-order valence-corrected chi connectivity index (χ4v) is 4.35. The summed E-state index contributed by atoms with van der Waals surface area (Å²) in [6.07, 6.45) is 2.74. The van der Waals surface area contributed by atoms with Crippen molar-refractivity contribution in [1.29, 1.82) is 0 Å². The van der Waals surface area contributed by atoms with Gasteiger partial charge in [-0.1, -0.05) is 12.1 Å². The summed E-state index contributed by atoms with van der Waals surface area (Å²) in [5.41, 5.74) is 1.91. The Morgan fingerprint density at radius 1 is 0.812 bits per heavy atom. The Morgan fingerprint density at radius 2 is 1.41 bits per heavy atom. The predicted molar refractivity (Wildman–Crippen MR) is 105 cm³/mol. The van der Waals surface area contributed by atoms with Gasteiger partial charge in [0.25, 0.3) is 17.7 Å². The van der Waals surface area contributed by atoms with E-state index < -0.39 is 33.5 Å². The molecule has 32 heavy (non-hydrogen) atoms. The maximum atomic E-state index is 12.9. The van der Waals surface area contributed by atoms with E-state index in [1.54, 1.807) is 0 Å². The van der Waals surface area contributed by atoms with Crippen molar-refractivity contribution in [3.05, 3.63) is 89.2 Å². The van der Waals surface area contributed by atoms with E-state index in [0.717, 1.165) is 36.4 Å². The number of imide groups is 1. The zero-order chi connectivity index (χ0) is 23.0. The second-order valence-electron chi connectivity index (χ2n) is 6.65. The van der Waals surface area contributed by atoms with Crippen LogP contribution in [0.25, 0.3) is 0 Å². The van der Waals surface area contributed by atoms with Crippen molar-refractivity contribution in [3.8, 4) is 0 Å². The number of sulfone groups is 1. The fraction of sp³-hybridized carbons (Fsp3) is 0. The smallest absolute Gasteiger partial charge is 0.280 e. The zero-order valence-corrected chi connectivity index (χ0v) is 16.8. The molecule has 10 nitrogen and oxygen atoms in total. The van der Waals surface area contributed by atoms with Gasteiger partial charge in [-0.05, 0) is 48.0 Å². The van der Waals surface area contributed by atoms with Crippen LogP contribution in [0.4, 0.5) is 0 Å². The van der Waals surface area contributed by atoms with E-state index in [4.69, 9.17) is 0 Å². The summed E-state index contributed by atoms with van der Waals surface area (Å²) in [4.78, 5) is 51.7. The number of amides is 3. The number of hydrogen-bond acceptors (Lipinski definition) is 8. The van der Waals surface area contributed by atoms with Gasteiger partial charge in [0, 0.05) is 18.0 Å². The van der Waals surface area contributed by atoms with Crippen LogP contribution in [-0.2, 0) is 9.84 Å². The molecule has 1 aliphatic rings. The van der Waals surface area contributed by atoms with Crippen LogP contribution in [0.3, 0.4) is 0 Å². The van der Waals surface area contributed by atoms with Crippen LogP contribution in [0.15, 0.2) is 76.8 Å². The molecule has 0 saturated heterocycles. The molecule has 0 bridgehead atoms. The number of aromatic nitrogens is 1. The van der Waals surface area contributed by atoms with Crippen molar-refractivity contribution >= 4 is 33.5 Å². The third-order valence-corrected chi connectivity index (χ3v) is 6.49. The second-order valence-corrected chi connectivity index (χ2v) is 8.59. The number of benzene rings is 2. The van der Waals surface area contributed by atoms with Crippen LogP contribution in [0.2, 0.25) is 0 Å². The number of nitrogens with zero attached hydrogens (tertiary/aromatic N) is 2. The van der Waals surface area contributed by atoms with Crippen LogP contribution in [-0.4, -0.2) is 42.1 Å². The topological polar surface area (TPSA) is 154 Å². The average molecular weight is 450 g/mol. The van der Waals surface area contributed by atoms with E-state index in [1.807, 2.05) is 0 Å². The Balaban J connectivity index is 1.64. The molecular weight excluding hydrogens is 438 g/mol. The molecule has 3 amide bonds. The van der Waals surface area contributed by atoms with Crippen LogP contribution in [0, 0.1) is 0 Å². The molecule has 2 aromatic carbocycles. The number of pyridine rings is 1. The van der Waals surface area contributed by atoms with Crippen LogP contribution in [0.1, 0.15) is 41.4 Å². The lowest BCUT2D eigenvalue weighted by molar-refractivity contribution is -0.255. The number of hydrogen-bond donors (Lipinski definition) is 1. The molecule has 1 N–H and O–H groups in total. The Labute approximate surface area is 181 Å². The molecule has 0 radical (unpaired) electrons. The summed E-state index contributed by atoms with van der Waals surface area (Å²) in [5.74, 6) is -3.88. The van der Waals surface area contributed by atoms with Gasteiger partial charge in [-0.3, -0.25) is 24.8 Å². The van der Waals surface area contributed by atoms with Gasteiger partial charge >= 0.3 is 0 Å². The zero-order valence-electron chi connectivity index (χ0n) is 16.0. The highest BCUT2D eigenvalue weighted by molar-refractivity contribution is 7.91. The number of nitrogens with one attached hydrogen (secondary N) is 1. The molecule has 0 aliphatic carbocycles. The molecule has 160 valence electrons. The summed E-state index contributed by atoms with van der Waals surface area (Å²) in [7, 11) is -4.12. The first-order chi connectivity index (χ1) is 15.2. The van der Waals surface area contributed by atoms with Crippen LogP contribution in [0.5, 0.6) is 0 Å². The normalized spacial score (nSPS) is 13.1. The quantitative estimate of drug-likeness (QED) is 0.542. The van der Waals surface area contributed by atoms with Gasteiger partial charge in [0.1, 0.15) is 0 Å². The molecule has 0 saturated carbocycles. The van der Waals surface area contributed by atoms with Crippen molar-refractivity contribution in [1.82, 2.24) is 15.4 Å². The first-order valence-corrected chi connectivity index (χ1v) is 10.5. The predicted octanol–water partition coefficient (Wildman–Crippen LogP) is 0.219. The Morgan fingerprint density at radius 3 is 2.03 bits per heavy atom. The van der Waals surface area contributed by atoms with Crippen molar-refractivity contribution < 1.29 is 32.7 Å². The lowest BCUT2D eigenvalue weighted by Gasteiger charge is -2.14. The molecule has 4 rings (SSSR count). The van der Waals surface area contributed by atoms with E-state index in [1.165, 1.54) is 30.6 Å². The Bertz CT molecular complexity index is 1380. The van der Waals surface area contributed by atoms with Gasteiger partial charge in [0.15, 0.2) is 0 Å². The molecule has 0 unspecified atom stereocenters. The highest BCUT2D eigenvalue weighted by atomic mass is 32.2. The third-order valence-electron chi connectivity index (χ3n) is 4.72. The minimum Gasteiger partial charge on any atom is -0.545 e. The largest absolute Gasteiger partial charge is 0.545 e. The fourth-order valence-electron chi connectivity index (χ4n) is 3.06. The standard InChI is InChI=1S/C21H13N3O7S/c25-18(12-7-9-22-10-8-12)23-24-19(26)16-6-5-15(11-17(16)20(24)27)32(30,31)14-3-1-13(2-4-14)21(28)29/h1-11H,(H,23,25)(H,28,29)/p-1. The van der Waals surface area contributed by atoms with Gasteiger partial charge in [-0.15, -0.1) is 0 Å². The second kappa shape index (κ2) is 7.71. The molecule has 11 heteroatoms. The summed E-state index contributed by atoms with van der Waals surface area (Å²) in [6.45, 7) is 0. The number of fused-ring (bicyclic) bond motifs is 1. The summed E-state index contributed by atoms with van der Waals surface area (Å²) in [6, 6.07) is 10.5. The lowest BCUT2D eigenvalue weighted by atomic mass is 10.1. The van der Waals surface area contributed by atoms with E-state index in [9.17, 15) is 32.7 Å². The number of rotatable bonds is 5. The number of carboxylic acids is 1. The summed E-state index contributed by atoms with van der Waals surface area (Å²) >= 11 is 0. The van der Waals surface area contributed by atoms with Crippen LogP contribution < -0.4 is 10.5 Å². The van der Waals surface area contributed by atoms with E-state index >= 15 is 0 Å². The molecule has 1 aromatic heterocycles. The monoisotopic (exact) mass is 450 g/mol. The van der Waals surface area contributed by atoms with E-state index in [0.29, 0.717) is 5.01 Å². The van der Waals surface area contributed by atoms with Crippen LogP contribution >= 0.6 is 0 Å². The van der Waals surface area contributed by atoms with Gasteiger partial charge in [-0.2, -0.15) is 5.01 Å². The number of carboxylic acid groups (broad SMARTS) is 1. The van der Waals surface area contributed by atoms with Crippen molar-refractivity contribution in [2.24, 2.45) is 0 Å². The van der Waals surface area contributed by atoms with Gasteiger partial charge in [-0.25, -0.2) is 8.42 Å². The summed E-state index contributed by atoms with van der Waals surface area (Å²) < 4.78 is 25.8. The first kappa shape index (κ1) is 20.9. The van der Waals surface area contributed by atoms with E-state index in [-0.39, 0.29) is 32.0 Å². The number of carbonyl (C=O) groups excluding carboxylic acids is 4. The van der Waals surface area contributed by atoms with Crippen molar-refractivity contribution in [2.45, 2.75) is 9.79 Å². The third kappa shape index (κ3) is 3.50. The van der Waals surface area contributed by atoms with Gasteiger partial charge in [0.2, 0.25) is 9.84 Å². The SMILES string of the molecule is O=C([O-])c1ccc(S(=O)(=O)c2ccc3c(c2)C(=O)N(NC(=O)c2ccncc2)C3=O)cc1. The molecule has 3 aromatic rings. The maximum Gasteiger partial charge on any atom is 0.280 e. The highest BCUT2D eigenvalue weighted by Crippen LogP contribution is 2.28. The van der Waals surface area contributed by atoms with Gasteiger partial charge in [0.05, 0.1) is 26.9 Å². The average Bonchev–Trinajstić information content (AvgIpc) is 3.04.